The number of ether oxygens (including phenoxy) is 1. The summed E-state index contributed by atoms with van der Waals surface area (Å²) in [5.74, 6) is -0.346. The Balaban J connectivity index is 1.33. The molecular weight excluding hydrogens is 674 g/mol. The molecule has 7 nitrogen and oxygen atoms in total. The third kappa shape index (κ3) is 9.45. The molecule has 0 heterocycles. The predicted octanol–water partition coefficient (Wildman–Crippen LogP) is 8.73. The molecule has 0 bridgehead atoms. The Bertz CT molecular complexity index is 1850. The number of carbonyl (C=O) groups excluding carboxylic acids is 3. The fourth-order valence-corrected chi connectivity index (χ4v) is 5.96. The molecule has 1 unspecified atom stereocenters. The number of para-hydroxylation sites is 1. The minimum Gasteiger partial charge on any atom is -0.494 e. The summed E-state index contributed by atoms with van der Waals surface area (Å²) in [6.45, 7) is 2.45. The maximum atomic E-state index is 13.5. The number of benzene rings is 5. The second-order valence-corrected chi connectivity index (χ2v) is 12.3. The van der Waals surface area contributed by atoms with E-state index in [1.807, 2.05) is 104 Å². The first-order valence-corrected chi connectivity index (χ1v) is 16.6. The highest BCUT2D eigenvalue weighted by atomic mass is 79.9. The molecule has 0 spiro atoms. The maximum absolute atomic E-state index is 13.5. The van der Waals surface area contributed by atoms with Crippen LogP contribution in [0.15, 0.2) is 149 Å². The van der Waals surface area contributed by atoms with Crippen molar-refractivity contribution in [3.8, 4) is 5.75 Å². The van der Waals surface area contributed by atoms with E-state index in [4.69, 9.17) is 4.74 Å². The van der Waals surface area contributed by atoms with Gasteiger partial charge in [0.2, 0.25) is 5.91 Å². The van der Waals surface area contributed by atoms with Crippen LogP contribution in [-0.2, 0) is 9.59 Å². The fourth-order valence-electron chi connectivity index (χ4n) is 4.55. The molecule has 3 amide bonds. The molecule has 0 aliphatic heterocycles. The lowest BCUT2D eigenvalue weighted by Gasteiger charge is -2.18. The molecule has 0 aliphatic carbocycles. The fraction of sp³-hybridized carbons (Fsp3) is 0.0789. The van der Waals surface area contributed by atoms with Crippen LogP contribution in [0.3, 0.4) is 0 Å². The number of carbonyl (C=O) groups is 3. The third-order valence-corrected chi connectivity index (χ3v) is 8.83. The molecule has 9 heteroatoms. The Morgan fingerprint density at radius 2 is 1.40 bits per heavy atom. The van der Waals surface area contributed by atoms with E-state index in [0.29, 0.717) is 34.9 Å². The molecule has 5 aromatic carbocycles. The summed E-state index contributed by atoms with van der Waals surface area (Å²) in [6.07, 6.45) is 1.62. The van der Waals surface area contributed by atoms with E-state index in [-0.39, 0.29) is 11.6 Å². The van der Waals surface area contributed by atoms with Crippen molar-refractivity contribution in [3.05, 3.63) is 160 Å². The van der Waals surface area contributed by atoms with Gasteiger partial charge in [-0.05, 0) is 101 Å². The van der Waals surface area contributed by atoms with Crippen LogP contribution in [0.2, 0.25) is 0 Å². The smallest absolute Gasteiger partial charge is 0.272 e. The van der Waals surface area contributed by atoms with Crippen LogP contribution in [0.1, 0.15) is 33.7 Å². The van der Waals surface area contributed by atoms with Crippen molar-refractivity contribution in [2.24, 2.45) is 0 Å². The van der Waals surface area contributed by atoms with Crippen LogP contribution >= 0.6 is 27.7 Å². The van der Waals surface area contributed by atoms with Crippen molar-refractivity contribution in [1.29, 1.82) is 0 Å². The van der Waals surface area contributed by atoms with Crippen LogP contribution < -0.4 is 20.7 Å². The summed E-state index contributed by atoms with van der Waals surface area (Å²) in [7, 11) is 0. The van der Waals surface area contributed by atoms with Crippen LogP contribution in [0.5, 0.6) is 5.75 Å². The van der Waals surface area contributed by atoms with Crippen molar-refractivity contribution < 1.29 is 19.1 Å². The van der Waals surface area contributed by atoms with Gasteiger partial charge in [0.25, 0.3) is 11.8 Å². The second-order valence-electron chi connectivity index (χ2n) is 10.2. The topological polar surface area (TPSA) is 96.5 Å². The van der Waals surface area contributed by atoms with Gasteiger partial charge in [-0.25, -0.2) is 0 Å². The molecular formula is C38H32BrN3O4S. The van der Waals surface area contributed by atoms with Gasteiger partial charge < -0.3 is 20.7 Å². The van der Waals surface area contributed by atoms with Crippen LogP contribution in [0.25, 0.3) is 6.08 Å². The Hall–Kier alpha value is -5.12. The van der Waals surface area contributed by atoms with Crippen LogP contribution in [-0.4, -0.2) is 24.3 Å². The zero-order valence-corrected chi connectivity index (χ0v) is 27.9. The number of amides is 3. The van der Waals surface area contributed by atoms with E-state index in [2.05, 4.69) is 31.9 Å². The Morgan fingerprint density at radius 3 is 2.06 bits per heavy atom. The van der Waals surface area contributed by atoms with Crippen molar-refractivity contribution in [2.45, 2.75) is 17.1 Å². The molecule has 0 aliphatic rings. The maximum Gasteiger partial charge on any atom is 0.272 e. The van der Waals surface area contributed by atoms with E-state index in [0.717, 1.165) is 14.9 Å². The minimum absolute atomic E-state index is 0.0781. The SMILES string of the molecule is CCOc1ccc(/C=C(\NC(=O)c2ccccc2)C(=O)Nc2ccc(SC(C(=O)Nc3ccccc3Br)c3ccccc3)cc2)cc1. The number of rotatable bonds is 12. The normalized spacial score (nSPS) is 11.7. The van der Waals surface area contributed by atoms with E-state index < -0.39 is 17.1 Å². The Morgan fingerprint density at radius 1 is 0.766 bits per heavy atom. The van der Waals surface area contributed by atoms with Crippen molar-refractivity contribution in [3.63, 3.8) is 0 Å². The lowest BCUT2D eigenvalue weighted by atomic mass is 10.1. The molecule has 1 atom stereocenters. The van der Waals surface area contributed by atoms with Gasteiger partial charge in [-0.3, -0.25) is 14.4 Å². The highest BCUT2D eigenvalue weighted by Crippen LogP contribution is 2.37. The van der Waals surface area contributed by atoms with Gasteiger partial charge in [0.15, 0.2) is 0 Å². The molecule has 5 aromatic rings. The van der Waals surface area contributed by atoms with Crippen molar-refractivity contribution >= 4 is 62.9 Å². The second kappa shape index (κ2) is 16.4. The number of hydrogen-bond acceptors (Lipinski definition) is 5. The van der Waals surface area contributed by atoms with E-state index in [1.165, 1.54) is 11.8 Å². The molecule has 0 saturated carbocycles. The summed E-state index contributed by atoms with van der Waals surface area (Å²) < 4.78 is 6.31. The molecule has 47 heavy (non-hydrogen) atoms. The lowest BCUT2D eigenvalue weighted by Crippen LogP contribution is -2.30. The average Bonchev–Trinajstić information content (AvgIpc) is 3.10. The summed E-state index contributed by atoms with van der Waals surface area (Å²) in [5.41, 5.74) is 3.29. The zero-order valence-electron chi connectivity index (χ0n) is 25.5. The largest absolute Gasteiger partial charge is 0.494 e. The molecule has 0 saturated heterocycles. The quantitative estimate of drug-likeness (QED) is 0.0891. The van der Waals surface area contributed by atoms with Crippen molar-refractivity contribution in [2.75, 3.05) is 17.2 Å². The third-order valence-electron chi connectivity index (χ3n) is 6.87. The number of hydrogen-bond donors (Lipinski definition) is 3. The number of anilines is 2. The Labute approximate surface area is 286 Å². The van der Waals surface area contributed by atoms with Gasteiger partial charge in [-0.15, -0.1) is 11.8 Å². The first-order chi connectivity index (χ1) is 22.9. The predicted molar refractivity (Wildman–Crippen MR) is 192 cm³/mol. The van der Waals surface area contributed by atoms with Gasteiger partial charge >= 0.3 is 0 Å². The lowest BCUT2D eigenvalue weighted by molar-refractivity contribution is -0.116. The monoisotopic (exact) mass is 705 g/mol. The molecule has 5 rings (SSSR count). The standard InChI is InChI=1S/C38H32BrN3O4S/c1-2-46-30-21-17-26(18-22-30)25-34(42-36(43)28-13-7-4-8-14-28)37(44)40-29-19-23-31(24-20-29)47-35(27-11-5-3-6-12-27)38(45)41-33-16-10-9-15-32(33)39/h3-25,35H,2H2,1H3,(H,40,44)(H,41,45)(H,42,43)/b34-25-. The number of halogens is 1. The van der Waals surface area contributed by atoms with Gasteiger partial charge in [0, 0.05) is 20.6 Å². The number of thioether (sulfide) groups is 1. The summed E-state index contributed by atoms with van der Waals surface area (Å²) >= 11 is 4.90. The minimum atomic E-state index is -0.527. The van der Waals surface area contributed by atoms with E-state index in [1.54, 1.807) is 42.5 Å². The first kappa shape index (κ1) is 33.2. The molecule has 236 valence electrons. The molecule has 0 aromatic heterocycles. The molecule has 0 fully saturated rings. The summed E-state index contributed by atoms with van der Waals surface area (Å²) in [6, 6.07) is 40.2. The highest BCUT2D eigenvalue weighted by Gasteiger charge is 2.23. The van der Waals surface area contributed by atoms with Gasteiger partial charge in [-0.1, -0.05) is 72.8 Å². The highest BCUT2D eigenvalue weighted by molar-refractivity contribution is 9.10. The van der Waals surface area contributed by atoms with Gasteiger partial charge in [-0.2, -0.15) is 0 Å². The van der Waals surface area contributed by atoms with Gasteiger partial charge in [0.1, 0.15) is 16.7 Å². The van der Waals surface area contributed by atoms with Crippen LogP contribution in [0.4, 0.5) is 11.4 Å². The van der Waals surface area contributed by atoms with Crippen molar-refractivity contribution in [1.82, 2.24) is 5.32 Å². The number of nitrogens with one attached hydrogen (secondary N) is 3. The first-order valence-electron chi connectivity index (χ1n) is 14.9. The molecule has 0 radical (unpaired) electrons. The van der Waals surface area contributed by atoms with E-state index in [9.17, 15) is 14.4 Å². The Kier molecular flexibility index (Phi) is 11.6. The summed E-state index contributed by atoms with van der Waals surface area (Å²) in [5, 5.41) is 8.14. The molecule has 3 N–H and O–H groups in total. The summed E-state index contributed by atoms with van der Waals surface area (Å²) in [4.78, 5) is 40.8. The zero-order chi connectivity index (χ0) is 33.0. The average molecular weight is 707 g/mol. The van der Waals surface area contributed by atoms with Crippen LogP contribution in [0, 0.1) is 0 Å². The van der Waals surface area contributed by atoms with Gasteiger partial charge in [0.05, 0.1) is 12.3 Å². The van der Waals surface area contributed by atoms with E-state index >= 15 is 0 Å².